The van der Waals surface area contributed by atoms with Crippen LogP contribution in [0, 0.1) is 13.8 Å². The molecule has 1 aliphatic heterocycles. The molecule has 0 atom stereocenters. The van der Waals surface area contributed by atoms with Gasteiger partial charge in [-0.2, -0.15) is 0 Å². The summed E-state index contributed by atoms with van der Waals surface area (Å²) in [6.45, 7) is 18.4. The van der Waals surface area contributed by atoms with Gasteiger partial charge in [0.05, 0.1) is 0 Å². The molecule has 1 heterocycles. The maximum absolute atomic E-state index is 5.96. The Balaban J connectivity index is 1.76. The van der Waals surface area contributed by atoms with Crippen LogP contribution in [0.4, 0.5) is 11.4 Å². The predicted molar refractivity (Wildman–Crippen MR) is 152 cm³/mol. The summed E-state index contributed by atoms with van der Waals surface area (Å²) in [5.74, 6) is 0. The van der Waals surface area contributed by atoms with Crippen LogP contribution in [0.25, 0.3) is 0 Å². The number of thiocarbonyl (C=S) groups is 1. The number of nitrogens with one attached hydrogen (secondary N) is 1. The van der Waals surface area contributed by atoms with Gasteiger partial charge in [0.25, 0.3) is 0 Å². The largest absolute Gasteiger partial charge is 0.371 e. The molecule has 4 nitrogen and oxygen atoms in total. The number of hydrogen-bond donors (Lipinski definition) is 1. The highest BCUT2D eigenvalue weighted by molar-refractivity contribution is 7.80. The van der Waals surface area contributed by atoms with Crippen LogP contribution < -0.4 is 10.2 Å². The Morgan fingerprint density at radius 3 is 2.56 bits per heavy atom. The van der Waals surface area contributed by atoms with Crippen molar-refractivity contribution in [3.05, 3.63) is 58.7 Å². The summed E-state index contributed by atoms with van der Waals surface area (Å²) in [6, 6.07) is 13.6. The van der Waals surface area contributed by atoms with Crippen molar-refractivity contribution in [1.82, 2.24) is 9.80 Å². The molecule has 186 valence electrons. The average Bonchev–Trinajstić information content (AvgIpc) is 2.83. The van der Waals surface area contributed by atoms with Gasteiger partial charge in [0, 0.05) is 37.6 Å². The highest BCUT2D eigenvalue weighted by atomic mass is 32.1. The smallest absolute Gasteiger partial charge is 0.173 e. The van der Waals surface area contributed by atoms with Crippen LogP contribution >= 0.6 is 12.2 Å². The molecule has 1 N–H and O–H groups in total. The summed E-state index contributed by atoms with van der Waals surface area (Å²) in [7, 11) is 0. The fraction of sp³-hybridized carbons (Fsp3) is 0.552. The third-order valence-electron chi connectivity index (χ3n) is 6.94. The van der Waals surface area contributed by atoms with E-state index in [4.69, 9.17) is 12.2 Å². The van der Waals surface area contributed by atoms with E-state index in [2.05, 4.69) is 91.0 Å². The van der Waals surface area contributed by atoms with Gasteiger partial charge < -0.3 is 20.0 Å². The van der Waals surface area contributed by atoms with Gasteiger partial charge in [0.2, 0.25) is 0 Å². The molecule has 0 bridgehead atoms. The third-order valence-corrected chi connectivity index (χ3v) is 7.30. The van der Waals surface area contributed by atoms with Crippen molar-refractivity contribution in [2.24, 2.45) is 0 Å². The molecule has 0 unspecified atom stereocenters. The van der Waals surface area contributed by atoms with Gasteiger partial charge in [0.1, 0.15) is 0 Å². The fourth-order valence-electron chi connectivity index (χ4n) is 4.89. The second-order valence-electron chi connectivity index (χ2n) is 9.60. The second kappa shape index (κ2) is 13.1. The zero-order valence-corrected chi connectivity index (χ0v) is 22.8. The van der Waals surface area contributed by atoms with E-state index in [1.165, 1.54) is 53.7 Å². The normalized spacial score (nSPS) is 13.2. The van der Waals surface area contributed by atoms with Gasteiger partial charge in [-0.1, -0.05) is 45.0 Å². The number of anilines is 2. The lowest BCUT2D eigenvalue weighted by molar-refractivity contribution is 0.281. The van der Waals surface area contributed by atoms with Crippen LogP contribution in [0.1, 0.15) is 62.3 Å². The summed E-state index contributed by atoms with van der Waals surface area (Å²) in [5.41, 5.74) is 7.86. The average molecular weight is 481 g/mol. The molecule has 0 spiro atoms. The molecular formula is C29H44N4S. The second-order valence-corrected chi connectivity index (χ2v) is 9.99. The number of aryl methyl sites for hydroxylation is 3. The van der Waals surface area contributed by atoms with Crippen molar-refractivity contribution in [2.45, 2.75) is 66.8 Å². The van der Waals surface area contributed by atoms with Crippen LogP contribution in [0.5, 0.6) is 0 Å². The predicted octanol–water partition coefficient (Wildman–Crippen LogP) is 6.40. The first-order valence-corrected chi connectivity index (χ1v) is 13.6. The molecule has 0 aliphatic carbocycles. The highest BCUT2D eigenvalue weighted by Crippen LogP contribution is 2.29. The Hall–Kier alpha value is -2.11. The number of rotatable bonds is 11. The quantitative estimate of drug-likeness (QED) is 0.375. The fourth-order valence-corrected chi connectivity index (χ4v) is 5.16. The molecule has 5 heteroatoms. The number of benzene rings is 2. The van der Waals surface area contributed by atoms with E-state index >= 15 is 0 Å². The SMILES string of the molecule is CCCN1CCCc2cc(CN(CCCN(CC)CC)C(=S)Nc3cc(C)ccc3C)ccc21. The van der Waals surface area contributed by atoms with Crippen molar-refractivity contribution < 1.29 is 0 Å². The van der Waals surface area contributed by atoms with Gasteiger partial charge in [-0.15, -0.1) is 0 Å². The molecule has 0 fully saturated rings. The zero-order valence-electron chi connectivity index (χ0n) is 22.0. The van der Waals surface area contributed by atoms with Crippen LogP contribution in [0.15, 0.2) is 36.4 Å². The Morgan fingerprint density at radius 2 is 1.82 bits per heavy atom. The maximum Gasteiger partial charge on any atom is 0.173 e. The summed E-state index contributed by atoms with van der Waals surface area (Å²) < 4.78 is 0. The highest BCUT2D eigenvalue weighted by Gasteiger charge is 2.18. The van der Waals surface area contributed by atoms with E-state index in [-0.39, 0.29) is 0 Å². The number of nitrogens with zero attached hydrogens (tertiary/aromatic N) is 3. The molecule has 0 saturated carbocycles. The molecule has 34 heavy (non-hydrogen) atoms. The van der Waals surface area contributed by atoms with E-state index in [9.17, 15) is 0 Å². The molecule has 0 radical (unpaired) electrons. The topological polar surface area (TPSA) is 21.8 Å². The van der Waals surface area contributed by atoms with E-state index in [0.29, 0.717) is 0 Å². The molecular weight excluding hydrogens is 436 g/mol. The van der Waals surface area contributed by atoms with Crippen LogP contribution in [0.3, 0.4) is 0 Å². The lowest BCUT2D eigenvalue weighted by Crippen LogP contribution is -2.37. The minimum atomic E-state index is 0.818. The molecule has 2 aromatic rings. The van der Waals surface area contributed by atoms with Crippen molar-refractivity contribution in [3.63, 3.8) is 0 Å². The third kappa shape index (κ3) is 7.19. The van der Waals surface area contributed by atoms with Gasteiger partial charge in [0.15, 0.2) is 5.11 Å². The number of fused-ring (bicyclic) bond motifs is 1. The monoisotopic (exact) mass is 480 g/mol. The first kappa shape index (κ1) is 26.5. The first-order valence-electron chi connectivity index (χ1n) is 13.2. The van der Waals surface area contributed by atoms with E-state index in [1.54, 1.807) is 0 Å². The van der Waals surface area contributed by atoms with Gasteiger partial charge in [-0.25, -0.2) is 0 Å². The summed E-state index contributed by atoms with van der Waals surface area (Å²) in [6.07, 6.45) is 4.72. The molecule has 1 aliphatic rings. The van der Waals surface area contributed by atoms with Crippen LogP contribution in [0.2, 0.25) is 0 Å². The maximum atomic E-state index is 5.96. The minimum absolute atomic E-state index is 0.818. The lowest BCUT2D eigenvalue weighted by atomic mass is 9.98. The van der Waals surface area contributed by atoms with Crippen LogP contribution in [-0.2, 0) is 13.0 Å². The van der Waals surface area contributed by atoms with Crippen molar-refractivity contribution in [1.29, 1.82) is 0 Å². The van der Waals surface area contributed by atoms with E-state index in [1.807, 2.05) is 0 Å². The molecule has 0 aromatic heterocycles. The van der Waals surface area contributed by atoms with Crippen LogP contribution in [-0.4, -0.2) is 54.2 Å². The van der Waals surface area contributed by atoms with Gasteiger partial charge >= 0.3 is 0 Å². The molecule has 2 aromatic carbocycles. The molecule has 3 rings (SSSR count). The first-order chi connectivity index (χ1) is 16.4. The van der Waals surface area contributed by atoms with Crippen molar-refractivity contribution >= 4 is 28.7 Å². The molecule has 0 amide bonds. The molecule has 0 saturated heterocycles. The zero-order chi connectivity index (χ0) is 24.5. The summed E-state index contributed by atoms with van der Waals surface area (Å²) in [5, 5.41) is 4.38. The van der Waals surface area contributed by atoms with Gasteiger partial charge in [-0.3, -0.25) is 0 Å². The summed E-state index contributed by atoms with van der Waals surface area (Å²) in [4.78, 5) is 7.40. The Morgan fingerprint density at radius 1 is 1.03 bits per heavy atom. The lowest BCUT2D eigenvalue weighted by Gasteiger charge is -2.32. The Kier molecular flexibility index (Phi) is 10.2. The van der Waals surface area contributed by atoms with Crippen molar-refractivity contribution in [2.75, 3.05) is 49.5 Å². The van der Waals surface area contributed by atoms with E-state index in [0.717, 1.165) is 56.5 Å². The Bertz CT molecular complexity index is 938. The van der Waals surface area contributed by atoms with E-state index < -0.39 is 0 Å². The minimum Gasteiger partial charge on any atom is -0.371 e. The summed E-state index contributed by atoms with van der Waals surface area (Å²) >= 11 is 5.96. The standard InChI is InChI=1S/C29H44N4S/c1-6-16-32-18-9-11-26-21-25(14-15-28(26)32)22-33(19-10-17-31(7-2)8-3)29(34)30-27-20-23(4)12-13-24(27)5/h12-15,20-21H,6-11,16-19,22H2,1-5H3,(H,30,34). The number of hydrogen-bond acceptors (Lipinski definition) is 3. The van der Waals surface area contributed by atoms with Gasteiger partial charge in [-0.05, 0) is 106 Å². The van der Waals surface area contributed by atoms with Crippen molar-refractivity contribution in [3.8, 4) is 0 Å². The Labute approximate surface area is 213 Å².